The summed E-state index contributed by atoms with van der Waals surface area (Å²) in [5, 5.41) is 7.12. The van der Waals surface area contributed by atoms with Crippen molar-refractivity contribution in [3.8, 4) is 16.8 Å². The Hall–Kier alpha value is -4.82. The van der Waals surface area contributed by atoms with Crippen molar-refractivity contribution in [1.29, 1.82) is 0 Å². The predicted molar refractivity (Wildman–Crippen MR) is 151 cm³/mol. The van der Waals surface area contributed by atoms with E-state index in [1.165, 1.54) is 38.3 Å². The quantitative estimate of drug-likeness (QED) is 0.252. The lowest BCUT2D eigenvalue weighted by Gasteiger charge is -2.11. The third kappa shape index (κ3) is 2.67. The standard InChI is InChI=1S/C34H21NO/c1-2-8-22(9-3-1)23-14-18-25(19-15-23)35-30-12-6-4-10-26(30)28-20-16-24-17-21-29-27-11-5-7-13-31(27)36-34(29)32(24)33(28)35/h1-21H. The lowest BCUT2D eigenvalue weighted by atomic mass is 10.0. The fourth-order valence-electron chi connectivity index (χ4n) is 5.74. The van der Waals surface area contributed by atoms with Crippen LogP contribution in [0.2, 0.25) is 0 Å². The first-order chi connectivity index (χ1) is 17.9. The molecule has 168 valence electrons. The van der Waals surface area contributed by atoms with Gasteiger partial charge in [-0.2, -0.15) is 0 Å². The van der Waals surface area contributed by atoms with E-state index in [9.17, 15) is 0 Å². The topological polar surface area (TPSA) is 18.1 Å². The first kappa shape index (κ1) is 19.5. The molecule has 0 saturated heterocycles. The van der Waals surface area contributed by atoms with Gasteiger partial charge in [-0.25, -0.2) is 0 Å². The number of para-hydroxylation sites is 2. The molecule has 0 spiro atoms. The van der Waals surface area contributed by atoms with Crippen molar-refractivity contribution in [2.75, 3.05) is 0 Å². The van der Waals surface area contributed by atoms with Crippen LogP contribution >= 0.6 is 0 Å². The Kier molecular flexibility index (Phi) is 3.97. The van der Waals surface area contributed by atoms with Gasteiger partial charge < -0.3 is 8.98 Å². The molecule has 0 amide bonds. The van der Waals surface area contributed by atoms with Crippen LogP contribution in [0.3, 0.4) is 0 Å². The number of hydrogen-bond donors (Lipinski definition) is 0. The second-order valence-electron chi connectivity index (χ2n) is 9.37. The number of nitrogens with zero attached hydrogens (tertiary/aromatic N) is 1. The van der Waals surface area contributed by atoms with Crippen molar-refractivity contribution >= 4 is 54.5 Å². The van der Waals surface area contributed by atoms with Crippen LogP contribution in [-0.2, 0) is 0 Å². The highest BCUT2D eigenvalue weighted by Gasteiger charge is 2.19. The third-order valence-electron chi connectivity index (χ3n) is 7.39. The summed E-state index contributed by atoms with van der Waals surface area (Å²) in [6.45, 7) is 0. The second-order valence-corrected chi connectivity index (χ2v) is 9.37. The van der Waals surface area contributed by atoms with Crippen LogP contribution in [0.4, 0.5) is 0 Å². The van der Waals surface area contributed by atoms with Gasteiger partial charge in [0.2, 0.25) is 0 Å². The van der Waals surface area contributed by atoms with E-state index in [0.717, 1.165) is 33.0 Å². The summed E-state index contributed by atoms with van der Waals surface area (Å²) in [5.74, 6) is 0. The molecule has 2 heterocycles. The largest absolute Gasteiger partial charge is 0.455 e. The molecule has 8 rings (SSSR count). The molecule has 0 atom stereocenters. The Morgan fingerprint density at radius 2 is 1.14 bits per heavy atom. The minimum absolute atomic E-state index is 0.923. The molecule has 2 aromatic heterocycles. The third-order valence-corrected chi connectivity index (χ3v) is 7.39. The van der Waals surface area contributed by atoms with Crippen LogP contribution in [0.1, 0.15) is 0 Å². The lowest BCUT2D eigenvalue weighted by Crippen LogP contribution is -1.94. The molecule has 0 unspecified atom stereocenters. The van der Waals surface area contributed by atoms with Gasteiger partial charge in [-0.1, -0.05) is 97.1 Å². The monoisotopic (exact) mass is 459 g/mol. The fraction of sp³-hybridized carbons (Fsp3) is 0. The number of fused-ring (bicyclic) bond motifs is 9. The highest BCUT2D eigenvalue weighted by molar-refractivity contribution is 6.26. The zero-order chi connectivity index (χ0) is 23.6. The number of furan rings is 1. The molecule has 0 aliphatic carbocycles. The van der Waals surface area contributed by atoms with E-state index in [1.54, 1.807) is 0 Å². The Morgan fingerprint density at radius 1 is 0.472 bits per heavy atom. The number of aromatic nitrogens is 1. The molecular formula is C34H21NO. The molecule has 6 aromatic carbocycles. The van der Waals surface area contributed by atoms with Crippen LogP contribution in [0.5, 0.6) is 0 Å². The molecular weight excluding hydrogens is 438 g/mol. The summed E-state index contributed by atoms with van der Waals surface area (Å²) in [6, 6.07) is 45.3. The molecule has 2 heteroatoms. The van der Waals surface area contributed by atoms with Gasteiger partial charge in [0.1, 0.15) is 11.2 Å². The maximum atomic E-state index is 6.52. The zero-order valence-electron chi connectivity index (χ0n) is 19.5. The second kappa shape index (κ2) is 7.34. The van der Waals surface area contributed by atoms with Crippen molar-refractivity contribution < 1.29 is 4.42 Å². The molecule has 0 fully saturated rings. The van der Waals surface area contributed by atoms with Crippen molar-refractivity contribution in [3.63, 3.8) is 0 Å². The normalized spacial score (nSPS) is 11.9. The van der Waals surface area contributed by atoms with Gasteiger partial charge in [0, 0.05) is 32.6 Å². The van der Waals surface area contributed by atoms with E-state index in [-0.39, 0.29) is 0 Å². The van der Waals surface area contributed by atoms with Crippen LogP contribution in [0.15, 0.2) is 132 Å². The van der Waals surface area contributed by atoms with Crippen molar-refractivity contribution in [1.82, 2.24) is 4.57 Å². The lowest BCUT2D eigenvalue weighted by molar-refractivity contribution is 0.673. The minimum atomic E-state index is 0.923. The molecule has 0 aliphatic heterocycles. The van der Waals surface area contributed by atoms with Gasteiger partial charge in [0.15, 0.2) is 0 Å². The van der Waals surface area contributed by atoms with Crippen molar-refractivity contribution in [2.45, 2.75) is 0 Å². The van der Waals surface area contributed by atoms with E-state index in [0.29, 0.717) is 0 Å². The summed E-state index contributed by atoms with van der Waals surface area (Å²) in [4.78, 5) is 0. The first-order valence-corrected chi connectivity index (χ1v) is 12.3. The number of hydrogen-bond acceptors (Lipinski definition) is 1. The molecule has 0 aliphatic rings. The summed E-state index contributed by atoms with van der Waals surface area (Å²) >= 11 is 0. The van der Waals surface area contributed by atoms with E-state index in [1.807, 2.05) is 6.07 Å². The molecule has 8 aromatic rings. The first-order valence-electron chi connectivity index (χ1n) is 12.3. The highest BCUT2D eigenvalue weighted by atomic mass is 16.3. The average molecular weight is 460 g/mol. The highest BCUT2D eigenvalue weighted by Crippen LogP contribution is 2.41. The predicted octanol–water partition coefficient (Wildman–Crippen LogP) is 9.50. The van der Waals surface area contributed by atoms with Crippen LogP contribution in [-0.4, -0.2) is 4.57 Å². The van der Waals surface area contributed by atoms with Crippen molar-refractivity contribution in [3.05, 3.63) is 127 Å². The van der Waals surface area contributed by atoms with E-state index in [4.69, 9.17) is 4.42 Å². The summed E-state index contributed by atoms with van der Waals surface area (Å²) in [7, 11) is 0. The average Bonchev–Trinajstić information content (AvgIpc) is 3.49. The molecule has 0 saturated carbocycles. The Balaban J connectivity index is 1.51. The van der Waals surface area contributed by atoms with Gasteiger partial charge in [0.05, 0.1) is 11.0 Å². The van der Waals surface area contributed by atoms with Crippen LogP contribution in [0.25, 0.3) is 71.3 Å². The van der Waals surface area contributed by atoms with Gasteiger partial charge in [-0.05, 0) is 46.8 Å². The van der Waals surface area contributed by atoms with Crippen LogP contribution in [0, 0.1) is 0 Å². The molecule has 2 nitrogen and oxygen atoms in total. The van der Waals surface area contributed by atoms with E-state index >= 15 is 0 Å². The van der Waals surface area contributed by atoms with Gasteiger partial charge in [0.25, 0.3) is 0 Å². The van der Waals surface area contributed by atoms with Gasteiger partial charge in [-0.3, -0.25) is 0 Å². The Labute approximate surface area is 207 Å². The number of benzene rings is 6. The molecule has 0 bridgehead atoms. The molecule has 0 radical (unpaired) electrons. The molecule has 0 N–H and O–H groups in total. The smallest absolute Gasteiger partial charge is 0.145 e. The van der Waals surface area contributed by atoms with E-state index in [2.05, 4.69) is 126 Å². The van der Waals surface area contributed by atoms with Crippen LogP contribution < -0.4 is 0 Å². The maximum absolute atomic E-state index is 6.52. The summed E-state index contributed by atoms with van der Waals surface area (Å²) in [5.41, 5.74) is 7.83. The number of rotatable bonds is 2. The Morgan fingerprint density at radius 3 is 1.97 bits per heavy atom. The zero-order valence-corrected chi connectivity index (χ0v) is 19.5. The van der Waals surface area contributed by atoms with E-state index < -0.39 is 0 Å². The summed E-state index contributed by atoms with van der Waals surface area (Å²) < 4.78 is 8.92. The van der Waals surface area contributed by atoms with Gasteiger partial charge >= 0.3 is 0 Å². The molecule has 36 heavy (non-hydrogen) atoms. The fourth-order valence-corrected chi connectivity index (χ4v) is 5.74. The van der Waals surface area contributed by atoms with Crippen molar-refractivity contribution in [2.24, 2.45) is 0 Å². The maximum Gasteiger partial charge on any atom is 0.145 e. The SMILES string of the molecule is c1ccc(-c2ccc(-n3c4ccccc4c4ccc5ccc6c7ccccc7oc6c5c43)cc2)cc1. The van der Waals surface area contributed by atoms with Gasteiger partial charge in [-0.15, -0.1) is 0 Å². The summed E-state index contributed by atoms with van der Waals surface area (Å²) in [6.07, 6.45) is 0. The Bertz CT molecular complexity index is 2070. The minimum Gasteiger partial charge on any atom is -0.455 e.